The summed E-state index contributed by atoms with van der Waals surface area (Å²) in [6, 6.07) is 8.20. The number of benzene rings is 1. The number of rotatable bonds is 10. The minimum atomic E-state index is -0.847. The molecule has 1 aliphatic rings. The van der Waals surface area contributed by atoms with Crippen molar-refractivity contribution < 1.29 is 14.6 Å². The largest absolute Gasteiger partial charge is 0.387 e. The number of nitrogens with zero attached hydrogens (tertiary/aromatic N) is 2. The number of guanidine groups is 1. The van der Waals surface area contributed by atoms with Gasteiger partial charge in [0.2, 0.25) is 0 Å². The standard InChI is InChI=1S/C21H36N4O3/c1-4-22-20(23-14-18-8-6-7-9-19(18)15-27-5-2)24-16-21(3,26)17-25-10-12-28-13-11-25/h6-9,26H,4-5,10-17H2,1-3H3,(H2,22,23,24). The molecule has 2 rings (SSSR count). The van der Waals surface area contributed by atoms with Gasteiger partial charge in [0.25, 0.3) is 0 Å². The third kappa shape index (κ3) is 8.14. The van der Waals surface area contributed by atoms with Crippen molar-refractivity contribution in [2.24, 2.45) is 4.99 Å². The fourth-order valence-electron chi connectivity index (χ4n) is 3.14. The molecule has 0 amide bonds. The third-order valence-corrected chi connectivity index (χ3v) is 4.64. The number of nitrogens with one attached hydrogen (secondary N) is 2. The molecule has 1 aliphatic heterocycles. The molecule has 1 atom stereocenters. The van der Waals surface area contributed by atoms with Crippen LogP contribution in [-0.2, 0) is 22.6 Å². The molecule has 158 valence electrons. The molecule has 0 aliphatic carbocycles. The molecule has 1 aromatic rings. The third-order valence-electron chi connectivity index (χ3n) is 4.64. The molecule has 1 saturated heterocycles. The summed E-state index contributed by atoms with van der Waals surface area (Å²) in [6.07, 6.45) is 0. The summed E-state index contributed by atoms with van der Waals surface area (Å²) < 4.78 is 10.9. The Morgan fingerprint density at radius 2 is 1.93 bits per heavy atom. The van der Waals surface area contributed by atoms with Gasteiger partial charge >= 0.3 is 0 Å². The Bertz CT molecular complexity index is 601. The van der Waals surface area contributed by atoms with Crippen LogP contribution in [0.15, 0.2) is 29.3 Å². The summed E-state index contributed by atoms with van der Waals surface area (Å²) in [6.45, 7) is 12.7. The second kappa shape index (κ2) is 12.0. The van der Waals surface area contributed by atoms with Crippen LogP contribution in [0.4, 0.5) is 0 Å². The van der Waals surface area contributed by atoms with E-state index >= 15 is 0 Å². The predicted octanol–water partition coefficient (Wildman–Crippen LogP) is 1.36. The first-order valence-corrected chi connectivity index (χ1v) is 10.2. The molecule has 0 saturated carbocycles. The lowest BCUT2D eigenvalue weighted by molar-refractivity contribution is -0.0201. The van der Waals surface area contributed by atoms with Gasteiger partial charge in [-0.3, -0.25) is 4.90 Å². The maximum atomic E-state index is 10.8. The highest BCUT2D eigenvalue weighted by atomic mass is 16.5. The van der Waals surface area contributed by atoms with Crippen LogP contribution >= 0.6 is 0 Å². The molecule has 3 N–H and O–H groups in total. The van der Waals surface area contributed by atoms with Crippen LogP contribution in [0.1, 0.15) is 31.9 Å². The molecule has 1 heterocycles. The Labute approximate surface area is 169 Å². The minimum absolute atomic E-state index is 0.427. The lowest BCUT2D eigenvalue weighted by Crippen LogP contribution is -2.52. The number of aliphatic hydroxyl groups is 1. The van der Waals surface area contributed by atoms with Crippen LogP contribution in [0.25, 0.3) is 0 Å². The van der Waals surface area contributed by atoms with Crippen molar-refractivity contribution in [2.45, 2.75) is 39.5 Å². The number of ether oxygens (including phenoxy) is 2. The molecule has 7 nitrogen and oxygen atoms in total. The zero-order valence-electron chi connectivity index (χ0n) is 17.5. The summed E-state index contributed by atoms with van der Waals surface area (Å²) in [7, 11) is 0. The number of β-amino-alcohol motifs (C(OH)–C–C–N with tert-alkyl or cyclic N) is 1. The Morgan fingerprint density at radius 1 is 1.21 bits per heavy atom. The monoisotopic (exact) mass is 392 g/mol. The van der Waals surface area contributed by atoms with Gasteiger partial charge in [-0.25, -0.2) is 4.99 Å². The first kappa shape index (κ1) is 22.6. The van der Waals surface area contributed by atoms with Crippen molar-refractivity contribution in [2.75, 3.05) is 52.5 Å². The molecule has 1 aromatic carbocycles. The maximum Gasteiger partial charge on any atom is 0.191 e. The van der Waals surface area contributed by atoms with Crippen molar-refractivity contribution in [3.63, 3.8) is 0 Å². The quantitative estimate of drug-likeness (QED) is 0.412. The van der Waals surface area contributed by atoms with Gasteiger partial charge in [-0.15, -0.1) is 0 Å². The van der Waals surface area contributed by atoms with E-state index in [9.17, 15) is 5.11 Å². The molecule has 0 radical (unpaired) electrons. The van der Waals surface area contributed by atoms with E-state index in [0.29, 0.717) is 38.8 Å². The first-order chi connectivity index (χ1) is 13.5. The maximum absolute atomic E-state index is 10.8. The van der Waals surface area contributed by atoms with Crippen molar-refractivity contribution in [3.05, 3.63) is 35.4 Å². The van der Waals surface area contributed by atoms with Crippen molar-refractivity contribution in [3.8, 4) is 0 Å². The highest BCUT2D eigenvalue weighted by Crippen LogP contribution is 2.12. The number of aliphatic imine (C=N–C) groups is 1. The Morgan fingerprint density at radius 3 is 2.61 bits per heavy atom. The fraction of sp³-hybridized carbons (Fsp3) is 0.667. The Kier molecular flexibility index (Phi) is 9.70. The highest BCUT2D eigenvalue weighted by Gasteiger charge is 2.25. The zero-order valence-corrected chi connectivity index (χ0v) is 17.5. The SMILES string of the molecule is CCNC(=NCc1ccccc1COCC)NCC(C)(O)CN1CCOCC1. The van der Waals surface area contributed by atoms with Crippen LogP contribution in [0, 0.1) is 0 Å². The van der Waals surface area contributed by atoms with Crippen molar-refractivity contribution in [1.82, 2.24) is 15.5 Å². The van der Waals surface area contributed by atoms with Crippen LogP contribution in [0.3, 0.4) is 0 Å². The Balaban J connectivity index is 1.92. The normalized spacial score (nSPS) is 17.9. The molecule has 0 aromatic heterocycles. The predicted molar refractivity (Wildman–Crippen MR) is 112 cm³/mol. The highest BCUT2D eigenvalue weighted by molar-refractivity contribution is 5.79. The van der Waals surface area contributed by atoms with E-state index in [-0.39, 0.29) is 0 Å². The van der Waals surface area contributed by atoms with Gasteiger partial charge in [0, 0.05) is 39.3 Å². The lowest BCUT2D eigenvalue weighted by atomic mass is 10.1. The van der Waals surface area contributed by atoms with Gasteiger partial charge in [0.15, 0.2) is 5.96 Å². The number of morpholine rings is 1. The average Bonchev–Trinajstić information content (AvgIpc) is 2.69. The number of hydrogen-bond acceptors (Lipinski definition) is 5. The van der Waals surface area contributed by atoms with Crippen LogP contribution < -0.4 is 10.6 Å². The topological polar surface area (TPSA) is 78.4 Å². The van der Waals surface area contributed by atoms with E-state index in [4.69, 9.17) is 14.5 Å². The molecule has 0 bridgehead atoms. The Hall–Kier alpha value is -1.67. The van der Waals surface area contributed by atoms with Gasteiger partial charge in [-0.2, -0.15) is 0 Å². The lowest BCUT2D eigenvalue weighted by Gasteiger charge is -2.34. The molecule has 1 fully saturated rings. The molecule has 1 unspecified atom stereocenters. The van der Waals surface area contributed by atoms with Crippen LogP contribution in [0.5, 0.6) is 0 Å². The van der Waals surface area contributed by atoms with Gasteiger partial charge in [0.1, 0.15) is 0 Å². The average molecular weight is 393 g/mol. The summed E-state index contributed by atoms with van der Waals surface area (Å²) in [5.41, 5.74) is 1.46. The first-order valence-electron chi connectivity index (χ1n) is 10.2. The zero-order chi connectivity index (χ0) is 20.2. The van der Waals surface area contributed by atoms with E-state index in [1.165, 1.54) is 0 Å². The van der Waals surface area contributed by atoms with Gasteiger partial charge in [-0.05, 0) is 31.9 Å². The fourth-order valence-corrected chi connectivity index (χ4v) is 3.14. The summed E-state index contributed by atoms with van der Waals surface area (Å²) >= 11 is 0. The summed E-state index contributed by atoms with van der Waals surface area (Å²) in [5.74, 6) is 0.705. The summed E-state index contributed by atoms with van der Waals surface area (Å²) in [5, 5.41) is 17.3. The van der Waals surface area contributed by atoms with Crippen LogP contribution in [0.2, 0.25) is 0 Å². The van der Waals surface area contributed by atoms with E-state index in [1.54, 1.807) is 0 Å². The van der Waals surface area contributed by atoms with E-state index < -0.39 is 5.60 Å². The van der Waals surface area contributed by atoms with Gasteiger partial charge in [0.05, 0.1) is 32.0 Å². The van der Waals surface area contributed by atoms with E-state index in [2.05, 4.69) is 27.7 Å². The summed E-state index contributed by atoms with van der Waals surface area (Å²) in [4.78, 5) is 6.93. The van der Waals surface area contributed by atoms with Gasteiger partial charge < -0.3 is 25.2 Å². The van der Waals surface area contributed by atoms with E-state index in [1.807, 2.05) is 32.9 Å². The minimum Gasteiger partial charge on any atom is -0.387 e. The second-order valence-electron chi connectivity index (χ2n) is 7.34. The molecule has 28 heavy (non-hydrogen) atoms. The molecule has 7 heteroatoms. The number of hydrogen-bond donors (Lipinski definition) is 3. The van der Waals surface area contributed by atoms with Crippen molar-refractivity contribution in [1.29, 1.82) is 0 Å². The van der Waals surface area contributed by atoms with Crippen LogP contribution in [-0.4, -0.2) is 74.1 Å². The second-order valence-corrected chi connectivity index (χ2v) is 7.34. The molecular formula is C21H36N4O3. The smallest absolute Gasteiger partial charge is 0.191 e. The van der Waals surface area contributed by atoms with E-state index in [0.717, 1.165) is 44.0 Å². The van der Waals surface area contributed by atoms with Crippen molar-refractivity contribution >= 4 is 5.96 Å². The molecule has 0 spiro atoms. The van der Waals surface area contributed by atoms with Gasteiger partial charge in [-0.1, -0.05) is 24.3 Å². The molecular weight excluding hydrogens is 356 g/mol.